The molecule has 4 rings (SSSR count). The number of rotatable bonds is 6. The molecular formula is C22H16Br2N2O4S2. The van der Waals surface area contributed by atoms with Gasteiger partial charge in [0.1, 0.15) is 0 Å². The van der Waals surface area contributed by atoms with E-state index in [4.69, 9.17) is 0 Å². The van der Waals surface area contributed by atoms with E-state index in [1.807, 2.05) is 0 Å². The van der Waals surface area contributed by atoms with Crippen LogP contribution in [0.25, 0.3) is 10.8 Å². The lowest BCUT2D eigenvalue weighted by atomic mass is 10.1. The second-order valence-electron chi connectivity index (χ2n) is 6.83. The molecule has 0 saturated carbocycles. The van der Waals surface area contributed by atoms with Crippen LogP contribution in [0.5, 0.6) is 0 Å². The van der Waals surface area contributed by atoms with E-state index < -0.39 is 20.0 Å². The molecule has 0 atom stereocenters. The van der Waals surface area contributed by atoms with Gasteiger partial charge in [0.15, 0.2) is 0 Å². The lowest BCUT2D eigenvalue weighted by molar-refractivity contribution is 0.599. The second kappa shape index (κ2) is 8.86. The summed E-state index contributed by atoms with van der Waals surface area (Å²) < 4.78 is 58.1. The van der Waals surface area contributed by atoms with Crippen molar-refractivity contribution in [1.82, 2.24) is 0 Å². The zero-order chi connectivity index (χ0) is 22.9. The average Bonchev–Trinajstić information content (AvgIpc) is 2.76. The van der Waals surface area contributed by atoms with Crippen LogP contribution in [0, 0.1) is 0 Å². The molecular weight excluding hydrogens is 580 g/mol. The van der Waals surface area contributed by atoms with Crippen molar-refractivity contribution in [3.63, 3.8) is 0 Å². The number of halogens is 2. The van der Waals surface area contributed by atoms with Crippen LogP contribution >= 0.6 is 31.9 Å². The SMILES string of the molecule is O=S(=O)(Nc1ccc(NS(=O)(=O)c2ccc(Br)cc2)c2ccccc12)c1ccc(Br)cc1. The van der Waals surface area contributed by atoms with Gasteiger partial charge in [0.2, 0.25) is 0 Å². The number of hydrogen-bond acceptors (Lipinski definition) is 4. The first-order valence-corrected chi connectivity index (χ1v) is 13.8. The van der Waals surface area contributed by atoms with Crippen LogP contribution in [-0.2, 0) is 20.0 Å². The van der Waals surface area contributed by atoms with E-state index in [9.17, 15) is 16.8 Å². The van der Waals surface area contributed by atoms with Crippen LogP contribution in [0.2, 0.25) is 0 Å². The summed E-state index contributed by atoms with van der Waals surface area (Å²) in [5.74, 6) is 0. The molecule has 2 N–H and O–H groups in total. The normalized spacial score (nSPS) is 11.9. The fourth-order valence-electron chi connectivity index (χ4n) is 3.11. The third kappa shape index (κ3) is 4.83. The highest BCUT2D eigenvalue weighted by Crippen LogP contribution is 2.33. The first-order chi connectivity index (χ1) is 15.2. The summed E-state index contributed by atoms with van der Waals surface area (Å²) in [4.78, 5) is 0.231. The number of fused-ring (bicyclic) bond motifs is 1. The molecule has 0 aliphatic rings. The van der Waals surface area contributed by atoms with Crippen LogP contribution in [0.1, 0.15) is 0 Å². The van der Waals surface area contributed by atoms with Crippen LogP contribution < -0.4 is 9.44 Å². The maximum absolute atomic E-state index is 12.8. The van der Waals surface area contributed by atoms with E-state index in [1.54, 1.807) is 48.5 Å². The minimum absolute atomic E-state index is 0.116. The molecule has 164 valence electrons. The molecule has 32 heavy (non-hydrogen) atoms. The summed E-state index contributed by atoms with van der Waals surface area (Å²) in [6.07, 6.45) is 0. The topological polar surface area (TPSA) is 92.3 Å². The fourth-order valence-corrected chi connectivity index (χ4v) is 5.80. The molecule has 0 aliphatic heterocycles. The first-order valence-electron chi connectivity index (χ1n) is 9.24. The molecule has 0 unspecified atom stereocenters. The third-order valence-corrected chi connectivity index (χ3v) is 8.48. The standard InChI is InChI=1S/C22H16Br2N2O4S2/c23-15-5-9-17(10-6-15)31(27,28)25-21-13-14-22(20-4-2-1-3-19(20)21)26-32(29,30)18-11-7-16(24)8-12-18/h1-14,25-26H. The lowest BCUT2D eigenvalue weighted by Crippen LogP contribution is -2.15. The van der Waals surface area contributed by atoms with Crippen molar-refractivity contribution >= 4 is 74.1 Å². The monoisotopic (exact) mass is 594 g/mol. The van der Waals surface area contributed by atoms with Crippen LogP contribution in [-0.4, -0.2) is 16.8 Å². The van der Waals surface area contributed by atoms with E-state index in [1.165, 1.54) is 36.4 Å². The molecule has 4 aromatic carbocycles. The molecule has 0 spiro atoms. The van der Waals surface area contributed by atoms with E-state index in [0.717, 1.165) is 8.95 Å². The number of nitrogens with one attached hydrogen (secondary N) is 2. The van der Waals surface area contributed by atoms with Crippen molar-refractivity contribution in [3.8, 4) is 0 Å². The number of benzene rings is 4. The van der Waals surface area contributed by atoms with Gasteiger partial charge in [0.25, 0.3) is 20.0 Å². The van der Waals surface area contributed by atoms with Crippen molar-refractivity contribution in [3.05, 3.63) is 93.9 Å². The van der Waals surface area contributed by atoms with Gasteiger partial charge >= 0.3 is 0 Å². The second-order valence-corrected chi connectivity index (χ2v) is 12.0. The van der Waals surface area contributed by atoms with Gasteiger partial charge in [-0.05, 0) is 60.7 Å². The quantitative estimate of drug-likeness (QED) is 0.287. The molecule has 0 amide bonds. The van der Waals surface area contributed by atoms with Crippen LogP contribution in [0.4, 0.5) is 11.4 Å². The van der Waals surface area contributed by atoms with Crippen LogP contribution in [0.3, 0.4) is 0 Å². The smallest absolute Gasteiger partial charge is 0.261 e. The Kier molecular flexibility index (Phi) is 6.30. The molecule has 0 fully saturated rings. The van der Waals surface area contributed by atoms with Gasteiger partial charge in [0, 0.05) is 19.7 Å². The molecule has 0 aromatic heterocycles. The summed E-state index contributed by atoms with van der Waals surface area (Å²) in [5.41, 5.74) is 0.685. The molecule has 0 aliphatic carbocycles. The highest BCUT2D eigenvalue weighted by atomic mass is 79.9. The summed E-state index contributed by atoms with van der Waals surface area (Å²) in [5, 5.41) is 1.12. The van der Waals surface area contributed by atoms with Crippen molar-refractivity contribution < 1.29 is 16.8 Å². The van der Waals surface area contributed by atoms with E-state index in [-0.39, 0.29) is 9.79 Å². The summed E-state index contributed by atoms with van der Waals surface area (Å²) >= 11 is 6.58. The van der Waals surface area contributed by atoms with E-state index >= 15 is 0 Å². The summed E-state index contributed by atoms with van der Waals surface area (Å²) in [6, 6.07) is 22.6. The van der Waals surface area contributed by atoms with Gasteiger partial charge in [-0.15, -0.1) is 0 Å². The number of anilines is 2. The zero-order valence-corrected chi connectivity index (χ0v) is 21.1. The maximum atomic E-state index is 12.8. The Bertz CT molecular complexity index is 1390. The Morgan fingerprint density at radius 1 is 0.500 bits per heavy atom. The van der Waals surface area contributed by atoms with Crippen LogP contribution in [0.15, 0.2) is 104 Å². The van der Waals surface area contributed by atoms with E-state index in [2.05, 4.69) is 41.3 Å². The number of hydrogen-bond donors (Lipinski definition) is 2. The predicted octanol–water partition coefficient (Wildman–Crippen LogP) is 5.97. The third-order valence-electron chi connectivity index (χ3n) is 4.66. The maximum Gasteiger partial charge on any atom is 0.261 e. The highest BCUT2D eigenvalue weighted by Gasteiger charge is 2.19. The average molecular weight is 596 g/mol. The Morgan fingerprint density at radius 3 is 1.19 bits per heavy atom. The van der Waals surface area contributed by atoms with Gasteiger partial charge in [-0.3, -0.25) is 9.44 Å². The Morgan fingerprint density at radius 2 is 0.844 bits per heavy atom. The first kappa shape index (κ1) is 22.8. The molecule has 0 bridgehead atoms. The van der Waals surface area contributed by atoms with Gasteiger partial charge in [0.05, 0.1) is 21.2 Å². The van der Waals surface area contributed by atoms with Gasteiger partial charge in [-0.1, -0.05) is 56.1 Å². The van der Waals surface area contributed by atoms with Crippen molar-refractivity contribution in [1.29, 1.82) is 0 Å². The fraction of sp³-hybridized carbons (Fsp3) is 0. The van der Waals surface area contributed by atoms with Crippen molar-refractivity contribution in [2.75, 3.05) is 9.44 Å². The van der Waals surface area contributed by atoms with Crippen molar-refractivity contribution in [2.24, 2.45) is 0 Å². The Labute approximate surface area is 203 Å². The van der Waals surface area contributed by atoms with Gasteiger partial charge in [-0.25, -0.2) is 16.8 Å². The van der Waals surface area contributed by atoms with Gasteiger partial charge in [-0.2, -0.15) is 0 Å². The highest BCUT2D eigenvalue weighted by molar-refractivity contribution is 9.10. The summed E-state index contributed by atoms with van der Waals surface area (Å²) in [6.45, 7) is 0. The molecule has 0 radical (unpaired) electrons. The molecule has 6 nitrogen and oxygen atoms in total. The number of sulfonamides is 2. The van der Waals surface area contributed by atoms with E-state index in [0.29, 0.717) is 22.1 Å². The molecule has 0 heterocycles. The minimum Gasteiger partial charge on any atom is -0.279 e. The predicted molar refractivity (Wildman–Crippen MR) is 134 cm³/mol. The molecule has 10 heteroatoms. The Balaban J connectivity index is 1.72. The Hall–Kier alpha value is -2.40. The lowest BCUT2D eigenvalue weighted by Gasteiger charge is -2.15. The minimum atomic E-state index is -3.83. The van der Waals surface area contributed by atoms with Crippen molar-refractivity contribution in [2.45, 2.75) is 9.79 Å². The summed E-state index contributed by atoms with van der Waals surface area (Å²) in [7, 11) is -7.66. The largest absolute Gasteiger partial charge is 0.279 e. The molecule has 4 aromatic rings. The zero-order valence-electron chi connectivity index (χ0n) is 16.3. The van der Waals surface area contributed by atoms with Gasteiger partial charge < -0.3 is 0 Å². The molecule has 0 saturated heterocycles.